The van der Waals surface area contributed by atoms with E-state index in [-0.39, 0.29) is 39.7 Å². The Labute approximate surface area is 244 Å². The van der Waals surface area contributed by atoms with Crippen molar-refractivity contribution in [1.29, 1.82) is 0 Å². The van der Waals surface area contributed by atoms with Gasteiger partial charge in [0.25, 0.3) is 11.8 Å². The first kappa shape index (κ1) is 30.8. The van der Waals surface area contributed by atoms with Crippen molar-refractivity contribution in [3.8, 4) is 11.3 Å². The second-order valence-corrected chi connectivity index (χ2v) is 11.6. The van der Waals surface area contributed by atoms with Crippen LogP contribution in [-0.2, 0) is 11.3 Å². The van der Waals surface area contributed by atoms with Crippen molar-refractivity contribution in [1.82, 2.24) is 29.7 Å². The summed E-state index contributed by atoms with van der Waals surface area (Å²) < 4.78 is 98.2. The number of nitrogens with one attached hydrogen (secondary N) is 1. The molecule has 0 saturated carbocycles. The summed E-state index contributed by atoms with van der Waals surface area (Å²) in [5, 5.41) is 6.09. The van der Waals surface area contributed by atoms with Crippen LogP contribution in [0.1, 0.15) is 29.8 Å². The molecule has 2 atom stereocenters. The second kappa shape index (κ2) is 10.5. The summed E-state index contributed by atoms with van der Waals surface area (Å²) in [6.07, 6.45) is -5.67. The number of hydrogen-bond donors (Lipinski definition) is 2. The number of fused-ring (bicyclic) bond motifs is 1. The summed E-state index contributed by atoms with van der Waals surface area (Å²) in [5.74, 6) is -6.03. The Balaban J connectivity index is 1.42. The zero-order chi connectivity index (χ0) is 31.6. The minimum absolute atomic E-state index is 0.00102. The maximum Gasteiger partial charge on any atom is 0.402 e. The fraction of sp³-hybridized carbons (Fsp3) is 0.462. The van der Waals surface area contributed by atoms with Gasteiger partial charge in [-0.2, -0.15) is 18.3 Å². The third-order valence-corrected chi connectivity index (χ3v) is 7.95. The molecule has 0 radical (unpaired) electrons. The van der Waals surface area contributed by atoms with Crippen molar-refractivity contribution in [3.63, 3.8) is 0 Å². The molecule has 0 unspecified atom stereocenters. The van der Waals surface area contributed by atoms with Crippen LogP contribution in [0, 0.1) is 11.2 Å². The zero-order valence-electron chi connectivity index (χ0n) is 22.7. The molecule has 2 aromatic heterocycles. The van der Waals surface area contributed by atoms with E-state index in [4.69, 9.17) is 17.3 Å². The Kier molecular flexibility index (Phi) is 7.52. The summed E-state index contributed by atoms with van der Waals surface area (Å²) in [6, 6.07) is 2.01. The van der Waals surface area contributed by atoms with Gasteiger partial charge in [0.15, 0.2) is 5.82 Å². The molecule has 2 saturated heterocycles. The first-order valence-corrected chi connectivity index (χ1v) is 13.3. The van der Waals surface area contributed by atoms with Gasteiger partial charge in [-0.25, -0.2) is 27.1 Å². The van der Waals surface area contributed by atoms with Gasteiger partial charge in [0.2, 0.25) is 5.91 Å². The molecule has 2 amide bonds. The van der Waals surface area contributed by atoms with Crippen LogP contribution in [0.15, 0.2) is 24.5 Å². The van der Waals surface area contributed by atoms with E-state index in [1.807, 2.05) is 0 Å². The molecule has 0 aliphatic carbocycles. The smallest absolute Gasteiger partial charge is 0.382 e. The van der Waals surface area contributed by atoms with E-state index in [1.165, 1.54) is 15.5 Å². The number of aromatic nitrogens is 3. The number of alkyl halides is 6. The highest BCUT2D eigenvalue weighted by Gasteiger charge is 2.56. The molecule has 232 valence electrons. The standard InChI is InChI=1S/C26H25ClF7N7O2/c1-24(2,26(32,33)34)23(43)40-7-17(29)18(8-40)38-22(42)13-4-14(16(28)5-15(13)27)19-3-12(6-39-9-25(30,31)10-39)20-21(35)36-11-37-41(19)20/h3-5,11,17-18H,6-10H2,1-2H3,(H,38,42)(H2,35,36,37)/t17-,18+/m0/s1. The van der Waals surface area contributed by atoms with E-state index in [9.17, 15) is 35.9 Å². The van der Waals surface area contributed by atoms with E-state index in [0.29, 0.717) is 24.3 Å². The number of carbonyl (C=O) groups is 2. The van der Waals surface area contributed by atoms with Crippen molar-refractivity contribution in [3.05, 3.63) is 46.5 Å². The molecule has 4 heterocycles. The Morgan fingerprint density at radius 3 is 2.47 bits per heavy atom. The number of nitrogens with zero attached hydrogens (tertiary/aromatic N) is 5. The van der Waals surface area contributed by atoms with Gasteiger partial charge in [-0.3, -0.25) is 14.5 Å². The molecule has 17 heteroatoms. The monoisotopic (exact) mass is 635 g/mol. The highest BCUT2D eigenvalue weighted by atomic mass is 35.5. The highest BCUT2D eigenvalue weighted by Crippen LogP contribution is 2.40. The summed E-state index contributed by atoms with van der Waals surface area (Å²) in [5.41, 5.74) is 3.51. The number of nitrogens with two attached hydrogens (primary N) is 1. The number of amides is 2. The molecule has 3 aromatic rings. The van der Waals surface area contributed by atoms with E-state index in [2.05, 4.69) is 15.4 Å². The number of anilines is 1. The quantitative estimate of drug-likeness (QED) is 0.395. The van der Waals surface area contributed by atoms with Gasteiger partial charge in [-0.1, -0.05) is 11.6 Å². The average Bonchev–Trinajstić information content (AvgIpc) is 3.42. The average molecular weight is 636 g/mol. The van der Waals surface area contributed by atoms with E-state index in [1.54, 1.807) is 0 Å². The number of benzene rings is 1. The van der Waals surface area contributed by atoms with Crippen molar-refractivity contribution in [2.75, 3.05) is 31.9 Å². The molecule has 1 aromatic carbocycles. The van der Waals surface area contributed by atoms with Gasteiger partial charge in [-0.05, 0) is 37.6 Å². The lowest BCUT2D eigenvalue weighted by atomic mass is 9.91. The molecule has 5 rings (SSSR count). The lowest BCUT2D eigenvalue weighted by Crippen LogP contribution is -2.55. The van der Waals surface area contributed by atoms with Gasteiger partial charge in [0.05, 0.1) is 42.0 Å². The molecular weight excluding hydrogens is 611 g/mol. The van der Waals surface area contributed by atoms with Crippen LogP contribution in [0.2, 0.25) is 5.02 Å². The number of nitrogen functional groups attached to an aromatic ring is 1. The van der Waals surface area contributed by atoms with Crippen molar-refractivity contribution < 1.29 is 40.3 Å². The summed E-state index contributed by atoms with van der Waals surface area (Å²) in [6.45, 7) is -0.783. The number of carbonyl (C=O) groups excluding carboxylic acids is 2. The van der Waals surface area contributed by atoms with Crippen LogP contribution in [0.25, 0.3) is 16.8 Å². The van der Waals surface area contributed by atoms with Crippen LogP contribution >= 0.6 is 11.6 Å². The third-order valence-electron chi connectivity index (χ3n) is 7.64. The van der Waals surface area contributed by atoms with E-state index < -0.39 is 73.5 Å². The third kappa shape index (κ3) is 5.57. The van der Waals surface area contributed by atoms with Crippen LogP contribution < -0.4 is 11.1 Å². The van der Waals surface area contributed by atoms with E-state index in [0.717, 1.165) is 18.5 Å². The normalized spacial score (nSPS) is 20.8. The molecule has 3 N–H and O–H groups in total. The molecule has 9 nitrogen and oxygen atoms in total. The minimum Gasteiger partial charge on any atom is -0.382 e. The minimum atomic E-state index is -4.88. The SMILES string of the molecule is CC(C)(C(=O)N1C[C@H](F)[C@H](NC(=O)c2cc(-c3cc(CN4CC(F)(F)C4)c4c(N)ncnn34)c(F)cc2Cl)C1)C(F)(F)F. The topological polar surface area (TPSA) is 109 Å². The first-order chi connectivity index (χ1) is 19.9. The lowest BCUT2D eigenvalue weighted by Gasteiger charge is -2.38. The van der Waals surface area contributed by atoms with Gasteiger partial charge in [0.1, 0.15) is 29.2 Å². The fourth-order valence-corrected chi connectivity index (χ4v) is 5.40. The van der Waals surface area contributed by atoms with Gasteiger partial charge >= 0.3 is 6.18 Å². The number of halogens is 8. The highest BCUT2D eigenvalue weighted by molar-refractivity contribution is 6.34. The molecule has 43 heavy (non-hydrogen) atoms. The molecule has 2 fully saturated rings. The Morgan fingerprint density at radius 2 is 1.84 bits per heavy atom. The van der Waals surface area contributed by atoms with Crippen LogP contribution in [0.4, 0.5) is 36.6 Å². The van der Waals surface area contributed by atoms with E-state index >= 15 is 4.39 Å². The zero-order valence-corrected chi connectivity index (χ0v) is 23.4. The second-order valence-electron chi connectivity index (χ2n) is 11.2. The van der Waals surface area contributed by atoms with Crippen molar-refractivity contribution >= 4 is 34.7 Å². The van der Waals surface area contributed by atoms with Crippen molar-refractivity contribution in [2.24, 2.45) is 5.41 Å². The van der Waals surface area contributed by atoms with Gasteiger partial charge in [0, 0.05) is 18.7 Å². The van der Waals surface area contributed by atoms with Crippen molar-refractivity contribution in [2.45, 2.75) is 44.7 Å². The first-order valence-electron chi connectivity index (χ1n) is 12.9. The number of hydrogen-bond acceptors (Lipinski definition) is 6. The lowest BCUT2D eigenvalue weighted by molar-refractivity contribution is -0.216. The van der Waals surface area contributed by atoms with Crippen LogP contribution in [0.3, 0.4) is 0 Å². The Hall–Kier alpha value is -3.66. The number of rotatable bonds is 6. The Bertz CT molecular complexity index is 1600. The number of likely N-dealkylation sites (tertiary alicyclic amines) is 2. The predicted molar refractivity (Wildman–Crippen MR) is 141 cm³/mol. The maximum absolute atomic E-state index is 15.3. The van der Waals surface area contributed by atoms with Gasteiger partial charge in [-0.15, -0.1) is 0 Å². The summed E-state index contributed by atoms with van der Waals surface area (Å²) in [7, 11) is 0. The summed E-state index contributed by atoms with van der Waals surface area (Å²) >= 11 is 6.15. The predicted octanol–water partition coefficient (Wildman–Crippen LogP) is 4.09. The largest absolute Gasteiger partial charge is 0.402 e. The molecule has 0 bridgehead atoms. The molecule has 2 aliphatic heterocycles. The maximum atomic E-state index is 15.3. The summed E-state index contributed by atoms with van der Waals surface area (Å²) in [4.78, 5) is 31.7. The molecule has 0 spiro atoms. The molecular formula is C26H25ClF7N7O2. The van der Waals surface area contributed by atoms with Crippen LogP contribution in [-0.4, -0.2) is 86.7 Å². The Morgan fingerprint density at radius 1 is 1.16 bits per heavy atom. The fourth-order valence-electron chi connectivity index (χ4n) is 5.17. The molecule has 2 aliphatic rings. The van der Waals surface area contributed by atoms with Gasteiger partial charge < -0.3 is 16.0 Å². The van der Waals surface area contributed by atoms with Crippen LogP contribution in [0.5, 0.6) is 0 Å².